The van der Waals surface area contributed by atoms with E-state index in [1.165, 1.54) is 12.8 Å². The van der Waals surface area contributed by atoms with Crippen LogP contribution in [0, 0.1) is 0 Å². The molecule has 104 valence electrons. The van der Waals surface area contributed by atoms with Gasteiger partial charge in [0.05, 0.1) is 0 Å². The Balaban J connectivity index is 1.69. The maximum absolute atomic E-state index is 6.09. The van der Waals surface area contributed by atoms with Gasteiger partial charge in [0.1, 0.15) is 16.8 Å². The maximum Gasteiger partial charge on any atom is 0.135 e. The zero-order valence-corrected chi connectivity index (χ0v) is 12.3. The molecular weight excluding hydrogens is 260 g/mol. The number of anilines is 1. The summed E-state index contributed by atoms with van der Waals surface area (Å²) in [5.74, 6) is 2.34. The second-order valence-corrected chi connectivity index (χ2v) is 6.29. The number of likely N-dealkylation sites (tertiary alicyclic amines) is 1. The first-order valence-corrected chi connectivity index (χ1v) is 7.51. The van der Waals surface area contributed by atoms with Crippen molar-refractivity contribution < 1.29 is 0 Å². The Hall–Kier alpha value is -0.870. The van der Waals surface area contributed by atoms with Gasteiger partial charge in [-0.1, -0.05) is 11.6 Å². The SMILES string of the molecule is CC1CC(Nc2cc(Cl)nc(C3CC3)n2)CCN1C. The summed E-state index contributed by atoms with van der Waals surface area (Å²) in [6, 6.07) is 2.95. The van der Waals surface area contributed by atoms with Crippen LogP contribution in [-0.4, -0.2) is 40.5 Å². The van der Waals surface area contributed by atoms with Crippen molar-refractivity contribution >= 4 is 17.4 Å². The summed E-state index contributed by atoms with van der Waals surface area (Å²) in [6.45, 7) is 3.41. The molecule has 2 heterocycles. The Morgan fingerprint density at radius 3 is 2.79 bits per heavy atom. The first kappa shape index (κ1) is 13.1. The lowest BCUT2D eigenvalue weighted by atomic mass is 9.99. The molecule has 2 unspecified atom stereocenters. The summed E-state index contributed by atoms with van der Waals surface area (Å²) in [5.41, 5.74) is 0. The molecule has 4 nitrogen and oxygen atoms in total. The molecule has 2 atom stereocenters. The van der Waals surface area contributed by atoms with E-state index in [4.69, 9.17) is 11.6 Å². The number of halogens is 1. The highest BCUT2D eigenvalue weighted by Gasteiger charge is 2.28. The van der Waals surface area contributed by atoms with E-state index in [1.807, 2.05) is 6.07 Å². The number of hydrogen-bond acceptors (Lipinski definition) is 4. The summed E-state index contributed by atoms with van der Waals surface area (Å²) in [4.78, 5) is 11.3. The van der Waals surface area contributed by atoms with Gasteiger partial charge in [-0.25, -0.2) is 9.97 Å². The third-order valence-corrected chi connectivity index (χ3v) is 4.41. The molecule has 0 spiro atoms. The lowest BCUT2D eigenvalue weighted by Gasteiger charge is -2.35. The standard InChI is InChI=1S/C14H21ClN4/c1-9-7-11(5-6-19(9)2)16-13-8-12(15)17-14(18-13)10-3-4-10/h8-11H,3-7H2,1-2H3,(H,16,17,18). The van der Waals surface area contributed by atoms with Crippen molar-refractivity contribution in [2.24, 2.45) is 0 Å². The predicted octanol–water partition coefficient (Wildman–Crippen LogP) is 2.90. The van der Waals surface area contributed by atoms with Gasteiger partial charge in [0, 0.05) is 30.6 Å². The van der Waals surface area contributed by atoms with Crippen molar-refractivity contribution in [2.75, 3.05) is 18.9 Å². The summed E-state index contributed by atoms with van der Waals surface area (Å²) in [6.07, 6.45) is 4.70. The second kappa shape index (κ2) is 5.25. The Bertz CT molecular complexity index is 461. The highest BCUT2D eigenvalue weighted by atomic mass is 35.5. The van der Waals surface area contributed by atoms with E-state index in [-0.39, 0.29) is 0 Å². The summed E-state index contributed by atoms with van der Waals surface area (Å²) < 4.78 is 0. The van der Waals surface area contributed by atoms with Crippen LogP contribution in [0.1, 0.15) is 44.3 Å². The Morgan fingerprint density at radius 2 is 2.11 bits per heavy atom. The normalized spacial score (nSPS) is 28.4. The monoisotopic (exact) mass is 280 g/mol. The van der Waals surface area contributed by atoms with Gasteiger partial charge in [-0.2, -0.15) is 0 Å². The van der Waals surface area contributed by atoms with Gasteiger partial charge in [-0.3, -0.25) is 0 Å². The summed E-state index contributed by atoms with van der Waals surface area (Å²) in [7, 11) is 2.19. The van der Waals surface area contributed by atoms with Crippen molar-refractivity contribution in [1.82, 2.24) is 14.9 Å². The molecule has 0 bridgehead atoms. The molecule has 1 N–H and O–H groups in total. The van der Waals surface area contributed by atoms with E-state index in [1.54, 1.807) is 0 Å². The zero-order valence-electron chi connectivity index (χ0n) is 11.6. The van der Waals surface area contributed by atoms with E-state index >= 15 is 0 Å². The smallest absolute Gasteiger partial charge is 0.135 e. The summed E-state index contributed by atoms with van der Waals surface area (Å²) >= 11 is 6.09. The van der Waals surface area contributed by atoms with Crippen molar-refractivity contribution in [2.45, 2.75) is 50.6 Å². The van der Waals surface area contributed by atoms with Crippen molar-refractivity contribution in [3.63, 3.8) is 0 Å². The highest BCUT2D eigenvalue weighted by molar-refractivity contribution is 6.29. The molecule has 1 saturated heterocycles. The molecule has 1 aliphatic heterocycles. The molecule has 0 radical (unpaired) electrons. The Labute approximate surface area is 119 Å². The Morgan fingerprint density at radius 1 is 1.32 bits per heavy atom. The number of aromatic nitrogens is 2. The number of nitrogens with zero attached hydrogens (tertiary/aromatic N) is 3. The minimum atomic E-state index is 0.490. The minimum Gasteiger partial charge on any atom is -0.367 e. The van der Waals surface area contributed by atoms with Crippen LogP contribution in [0.5, 0.6) is 0 Å². The van der Waals surface area contributed by atoms with E-state index in [9.17, 15) is 0 Å². The first-order chi connectivity index (χ1) is 9.11. The molecule has 3 rings (SSSR count). The van der Waals surface area contributed by atoms with Gasteiger partial charge in [0.15, 0.2) is 0 Å². The lowest BCUT2D eigenvalue weighted by molar-refractivity contribution is 0.190. The van der Waals surface area contributed by atoms with Crippen LogP contribution in [0.15, 0.2) is 6.07 Å². The fourth-order valence-electron chi connectivity index (χ4n) is 2.66. The fourth-order valence-corrected chi connectivity index (χ4v) is 2.85. The number of nitrogens with one attached hydrogen (secondary N) is 1. The molecule has 2 fully saturated rings. The molecule has 0 aromatic carbocycles. The number of piperidine rings is 1. The van der Waals surface area contributed by atoms with Gasteiger partial charge in [-0.05, 0) is 39.7 Å². The average molecular weight is 281 g/mol. The van der Waals surface area contributed by atoms with Gasteiger partial charge >= 0.3 is 0 Å². The highest BCUT2D eigenvalue weighted by Crippen LogP contribution is 2.38. The van der Waals surface area contributed by atoms with E-state index in [0.29, 0.717) is 23.2 Å². The van der Waals surface area contributed by atoms with E-state index in [0.717, 1.165) is 31.0 Å². The molecule has 1 aromatic rings. The fraction of sp³-hybridized carbons (Fsp3) is 0.714. The summed E-state index contributed by atoms with van der Waals surface area (Å²) in [5, 5.41) is 4.09. The van der Waals surface area contributed by atoms with Gasteiger partial charge in [0.25, 0.3) is 0 Å². The third kappa shape index (κ3) is 3.18. The van der Waals surface area contributed by atoms with Crippen LogP contribution >= 0.6 is 11.6 Å². The topological polar surface area (TPSA) is 41.1 Å². The predicted molar refractivity (Wildman–Crippen MR) is 77.8 cm³/mol. The van der Waals surface area contributed by atoms with Crippen LogP contribution in [-0.2, 0) is 0 Å². The molecule has 0 amide bonds. The second-order valence-electron chi connectivity index (χ2n) is 5.90. The quantitative estimate of drug-likeness (QED) is 0.865. The van der Waals surface area contributed by atoms with Crippen molar-refractivity contribution in [1.29, 1.82) is 0 Å². The van der Waals surface area contributed by atoms with Gasteiger partial charge < -0.3 is 10.2 Å². The molecule has 19 heavy (non-hydrogen) atoms. The van der Waals surface area contributed by atoms with E-state index < -0.39 is 0 Å². The molecule has 1 saturated carbocycles. The molecule has 5 heteroatoms. The third-order valence-electron chi connectivity index (χ3n) is 4.22. The molecule has 2 aliphatic rings. The van der Waals surface area contributed by atoms with Crippen LogP contribution in [0.2, 0.25) is 5.15 Å². The van der Waals surface area contributed by atoms with Crippen LogP contribution < -0.4 is 5.32 Å². The molecule has 1 aliphatic carbocycles. The van der Waals surface area contributed by atoms with Crippen LogP contribution in [0.4, 0.5) is 5.82 Å². The van der Waals surface area contributed by atoms with Crippen molar-refractivity contribution in [3.8, 4) is 0 Å². The van der Waals surface area contributed by atoms with Gasteiger partial charge in [-0.15, -0.1) is 0 Å². The first-order valence-electron chi connectivity index (χ1n) is 7.13. The molecule has 1 aromatic heterocycles. The largest absolute Gasteiger partial charge is 0.367 e. The number of hydrogen-bond donors (Lipinski definition) is 1. The minimum absolute atomic E-state index is 0.490. The molecular formula is C14H21ClN4. The Kier molecular flexibility index (Phi) is 3.63. The zero-order chi connectivity index (χ0) is 13.4. The van der Waals surface area contributed by atoms with Gasteiger partial charge in [0.2, 0.25) is 0 Å². The maximum atomic E-state index is 6.09. The average Bonchev–Trinajstić information content (AvgIpc) is 3.17. The number of rotatable bonds is 3. The lowest BCUT2D eigenvalue weighted by Crippen LogP contribution is -2.42. The van der Waals surface area contributed by atoms with Crippen LogP contribution in [0.25, 0.3) is 0 Å². The van der Waals surface area contributed by atoms with Crippen molar-refractivity contribution in [3.05, 3.63) is 17.0 Å². The van der Waals surface area contributed by atoms with Crippen LogP contribution in [0.3, 0.4) is 0 Å². The van der Waals surface area contributed by atoms with E-state index in [2.05, 4.69) is 34.2 Å².